The fraction of sp³-hybridized carbons (Fsp3) is 0.0833. The maximum absolute atomic E-state index is 2.33. The highest BCUT2D eigenvalue weighted by Gasteiger charge is 2.08. The summed E-state index contributed by atoms with van der Waals surface area (Å²) < 4.78 is 0. The largest absolute Gasteiger partial charge is 0.342 e. The van der Waals surface area contributed by atoms with Crippen LogP contribution in [0.3, 0.4) is 0 Å². The van der Waals surface area contributed by atoms with E-state index in [2.05, 4.69) is 109 Å². The molecule has 1 nitrogen and oxygen atoms in total. The lowest BCUT2D eigenvalue weighted by Gasteiger charge is -2.23. The summed E-state index contributed by atoms with van der Waals surface area (Å²) >= 11 is 0. The van der Waals surface area contributed by atoms with Crippen molar-refractivity contribution in [2.45, 2.75) is 6.92 Å². The molecule has 0 fully saturated rings. The molecule has 0 aliphatic rings. The zero-order valence-electron chi connectivity index (χ0n) is 14.4. The highest BCUT2D eigenvalue weighted by atomic mass is 15.1. The Morgan fingerprint density at radius 2 is 1.24 bits per heavy atom. The van der Waals surface area contributed by atoms with Crippen molar-refractivity contribution >= 4 is 22.1 Å². The molecule has 0 bridgehead atoms. The highest BCUT2D eigenvalue weighted by molar-refractivity contribution is 5.96. The molecule has 0 saturated heterocycles. The number of anilines is 2. The Morgan fingerprint density at radius 1 is 0.600 bits per heavy atom. The molecule has 1 heteroatoms. The van der Waals surface area contributed by atoms with Crippen LogP contribution in [0.25, 0.3) is 21.9 Å². The van der Waals surface area contributed by atoms with Crippen LogP contribution in [0.1, 0.15) is 6.92 Å². The first kappa shape index (κ1) is 15.5. The van der Waals surface area contributed by atoms with Crippen LogP contribution in [-0.4, -0.2) is 6.54 Å². The summed E-state index contributed by atoms with van der Waals surface area (Å²) in [5.74, 6) is 0. The zero-order chi connectivity index (χ0) is 17.1. The topological polar surface area (TPSA) is 3.24 Å². The molecule has 4 aromatic rings. The van der Waals surface area contributed by atoms with Crippen molar-refractivity contribution in [3.8, 4) is 11.1 Å². The number of hydrogen-bond acceptors (Lipinski definition) is 1. The Labute approximate surface area is 149 Å². The van der Waals surface area contributed by atoms with Gasteiger partial charge in [-0.2, -0.15) is 0 Å². The predicted molar refractivity (Wildman–Crippen MR) is 109 cm³/mol. The summed E-state index contributed by atoms with van der Waals surface area (Å²) in [6, 6.07) is 34.5. The minimum absolute atomic E-state index is 0.942. The molecule has 0 aromatic heterocycles. The van der Waals surface area contributed by atoms with Gasteiger partial charge in [0.05, 0.1) is 0 Å². The Bertz CT molecular complexity index is 966. The summed E-state index contributed by atoms with van der Waals surface area (Å²) in [7, 11) is 0. The van der Waals surface area contributed by atoms with Crippen LogP contribution in [-0.2, 0) is 0 Å². The molecule has 0 atom stereocenters. The average Bonchev–Trinajstić information content (AvgIpc) is 2.70. The smallest absolute Gasteiger partial charge is 0.0411 e. The van der Waals surface area contributed by atoms with Crippen LogP contribution < -0.4 is 4.90 Å². The van der Waals surface area contributed by atoms with E-state index >= 15 is 0 Å². The van der Waals surface area contributed by atoms with Gasteiger partial charge in [-0.25, -0.2) is 0 Å². The van der Waals surface area contributed by atoms with E-state index < -0.39 is 0 Å². The number of benzene rings is 4. The van der Waals surface area contributed by atoms with E-state index in [-0.39, 0.29) is 0 Å². The Balaban J connectivity index is 1.72. The van der Waals surface area contributed by atoms with Crippen LogP contribution in [0.4, 0.5) is 11.4 Å². The maximum Gasteiger partial charge on any atom is 0.0411 e. The van der Waals surface area contributed by atoms with Gasteiger partial charge in [-0.1, -0.05) is 72.8 Å². The molecule has 0 N–H and O–H groups in total. The highest BCUT2D eigenvalue weighted by Crippen LogP contribution is 2.31. The first-order valence-electron chi connectivity index (χ1n) is 8.77. The summed E-state index contributed by atoms with van der Waals surface area (Å²) in [5.41, 5.74) is 4.98. The van der Waals surface area contributed by atoms with E-state index in [9.17, 15) is 0 Å². The van der Waals surface area contributed by atoms with Crippen molar-refractivity contribution in [2.24, 2.45) is 0 Å². The molecule has 0 heterocycles. The fourth-order valence-corrected chi connectivity index (χ4v) is 3.42. The average molecular weight is 323 g/mol. The lowest BCUT2D eigenvalue weighted by molar-refractivity contribution is 1.02. The summed E-state index contributed by atoms with van der Waals surface area (Å²) in [5, 5.41) is 2.58. The molecule has 122 valence electrons. The monoisotopic (exact) mass is 323 g/mol. The molecule has 0 radical (unpaired) electrons. The van der Waals surface area contributed by atoms with Gasteiger partial charge in [0.15, 0.2) is 0 Å². The van der Waals surface area contributed by atoms with Gasteiger partial charge in [-0.3, -0.25) is 0 Å². The second-order valence-corrected chi connectivity index (χ2v) is 6.15. The van der Waals surface area contributed by atoms with Crippen LogP contribution in [0.2, 0.25) is 0 Å². The first-order chi connectivity index (χ1) is 12.4. The zero-order valence-corrected chi connectivity index (χ0v) is 14.4. The molecule has 0 aliphatic heterocycles. The third-order valence-electron chi connectivity index (χ3n) is 4.66. The number of fused-ring (bicyclic) bond motifs is 1. The van der Waals surface area contributed by atoms with Gasteiger partial charge in [0.1, 0.15) is 0 Å². The van der Waals surface area contributed by atoms with E-state index in [0.29, 0.717) is 0 Å². The first-order valence-corrected chi connectivity index (χ1v) is 8.77. The summed E-state index contributed by atoms with van der Waals surface area (Å²) in [6.45, 7) is 3.13. The number of nitrogens with zero attached hydrogens (tertiary/aromatic N) is 1. The van der Waals surface area contributed by atoms with Crippen molar-refractivity contribution in [2.75, 3.05) is 11.4 Å². The van der Waals surface area contributed by atoms with E-state index in [1.165, 1.54) is 33.3 Å². The lowest BCUT2D eigenvalue weighted by atomic mass is 9.98. The quantitative estimate of drug-likeness (QED) is 0.405. The number of rotatable bonds is 4. The Hall–Kier alpha value is -3.06. The van der Waals surface area contributed by atoms with Crippen LogP contribution in [0.5, 0.6) is 0 Å². The van der Waals surface area contributed by atoms with Gasteiger partial charge in [0, 0.05) is 17.9 Å². The molecule has 0 aliphatic carbocycles. The van der Waals surface area contributed by atoms with Crippen LogP contribution in [0, 0.1) is 0 Å². The third kappa shape index (κ3) is 3.01. The van der Waals surface area contributed by atoms with Crippen molar-refractivity contribution < 1.29 is 0 Å². The summed E-state index contributed by atoms with van der Waals surface area (Å²) in [4.78, 5) is 2.33. The Kier molecular flexibility index (Phi) is 4.22. The maximum atomic E-state index is 2.33. The van der Waals surface area contributed by atoms with Crippen LogP contribution >= 0.6 is 0 Å². The van der Waals surface area contributed by atoms with Gasteiger partial charge in [0.25, 0.3) is 0 Å². The third-order valence-corrected chi connectivity index (χ3v) is 4.66. The molecule has 0 unspecified atom stereocenters. The lowest BCUT2D eigenvalue weighted by Crippen LogP contribution is -2.15. The molecule has 4 aromatic carbocycles. The Morgan fingerprint density at radius 3 is 2.00 bits per heavy atom. The molecule has 4 rings (SSSR count). The SMILES string of the molecule is CCN(c1ccccc1)c1ccc(-c2cccc3ccccc23)cc1. The van der Waals surface area contributed by atoms with E-state index in [1.807, 2.05) is 0 Å². The second kappa shape index (κ2) is 6.82. The van der Waals surface area contributed by atoms with E-state index in [4.69, 9.17) is 0 Å². The predicted octanol–water partition coefficient (Wildman–Crippen LogP) is 6.66. The van der Waals surface area contributed by atoms with Crippen molar-refractivity contribution in [1.29, 1.82) is 0 Å². The van der Waals surface area contributed by atoms with Gasteiger partial charge >= 0.3 is 0 Å². The fourth-order valence-electron chi connectivity index (χ4n) is 3.42. The molecule has 25 heavy (non-hydrogen) atoms. The molecule has 0 spiro atoms. The minimum atomic E-state index is 0.942. The molecular formula is C24H21N. The molecule has 0 amide bonds. The molecular weight excluding hydrogens is 302 g/mol. The molecule has 0 saturated carbocycles. The summed E-state index contributed by atoms with van der Waals surface area (Å²) in [6.07, 6.45) is 0. The van der Waals surface area contributed by atoms with E-state index in [1.54, 1.807) is 0 Å². The van der Waals surface area contributed by atoms with Crippen LogP contribution in [0.15, 0.2) is 97.1 Å². The van der Waals surface area contributed by atoms with Crippen molar-refractivity contribution in [3.63, 3.8) is 0 Å². The normalized spacial score (nSPS) is 10.8. The van der Waals surface area contributed by atoms with Gasteiger partial charge in [0.2, 0.25) is 0 Å². The number of hydrogen-bond donors (Lipinski definition) is 0. The van der Waals surface area contributed by atoms with E-state index in [0.717, 1.165) is 6.54 Å². The van der Waals surface area contributed by atoms with Gasteiger partial charge < -0.3 is 4.90 Å². The standard InChI is InChI=1S/C24H21N/c1-2-25(21-11-4-3-5-12-21)22-17-15-20(16-18-22)24-14-8-10-19-9-6-7-13-23(19)24/h3-18H,2H2,1H3. The van der Waals surface area contributed by atoms with Gasteiger partial charge in [-0.15, -0.1) is 0 Å². The second-order valence-electron chi connectivity index (χ2n) is 6.15. The number of para-hydroxylation sites is 1. The van der Waals surface area contributed by atoms with Gasteiger partial charge in [-0.05, 0) is 53.1 Å². The van der Waals surface area contributed by atoms with Crippen molar-refractivity contribution in [1.82, 2.24) is 0 Å². The van der Waals surface area contributed by atoms with Crippen molar-refractivity contribution in [3.05, 3.63) is 97.1 Å². The minimum Gasteiger partial charge on any atom is -0.342 e.